The number of hydrogen-bond acceptors (Lipinski definition) is 2. The SMILES string of the molecule is C=C(Cl)CNC(=O)c1cc2ccccc2c(Cl)n1. The standard InChI is InChI=1S/C13H10Cl2N2O/c1-8(14)7-16-13(18)11-6-9-4-2-3-5-10(9)12(15)17-11/h2-6H,1,7H2,(H,16,18). The van der Waals surface area contributed by atoms with E-state index < -0.39 is 0 Å². The van der Waals surface area contributed by atoms with Crippen molar-refractivity contribution in [2.45, 2.75) is 0 Å². The summed E-state index contributed by atoms with van der Waals surface area (Å²) >= 11 is 11.6. The number of amides is 1. The molecule has 1 amide bonds. The number of rotatable bonds is 3. The van der Waals surface area contributed by atoms with Crippen LogP contribution in [0.25, 0.3) is 10.8 Å². The number of pyridine rings is 1. The molecule has 92 valence electrons. The molecule has 2 rings (SSSR count). The third-order valence-corrected chi connectivity index (χ3v) is 2.79. The predicted molar refractivity (Wildman–Crippen MR) is 74.1 cm³/mol. The fourth-order valence-corrected chi connectivity index (χ4v) is 1.87. The number of nitrogens with one attached hydrogen (secondary N) is 1. The van der Waals surface area contributed by atoms with Crippen LogP contribution in [0.3, 0.4) is 0 Å². The van der Waals surface area contributed by atoms with Gasteiger partial charge in [-0.3, -0.25) is 4.79 Å². The molecule has 1 aromatic carbocycles. The van der Waals surface area contributed by atoms with E-state index in [1.807, 2.05) is 24.3 Å². The van der Waals surface area contributed by atoms with Gasteiger partial charge in [-0.1, -0.05) is 54.0 Å². The highest BCUT2D eigenvalue weighted by atomic mass is 35.5. The summed E-state index contributed by atoms with van der Waals surface area (Å²) in [6.07, 6.45) is 0. The molecule has 18 heavy (non-hydrogen) atoms. The molecule has 1 heterocycles. The van der Waals surface area contributed by atoms with E-state index in [1.54, 1.807) is 6.07 Å². The van der Waals surface area contributed by atoms with Crippen LogP contribution in [-0.4, -0.2) is 17.4 Å². The van der Waals surface area contributed by atoms with E-state index in [0.717, 1.165) is 10.8 Å². The van der Waals surface area contributed by atoms with Gasteiger partial charge in [0.1, 0.15) is 10.8 Å². The molecule has 0 aliphatic rings. The highest BCUT2D eigenvalue weighted by Gasteiger charge is 2.10. The van der Waals surface area contributed by atoms with Crippen LogP contribution in [0, 0.1) is 0 Å². The lowest BCUT2D eigenvalue weighted by Crippen LogP contribution is -2.25. The van der Waals surface area contributed by atoms with Crippen molar-refractivity contribution in [3.05, 3.63) is 52.8 Å². The average molecular weight is 281 g/mol. The minimum Gasteiger partial charge on any atom is -0.346 e. The van der Waals surface area contributed by atoms with Crippen molar-refractivity contribution in [3.63, 3.8) is 0 Å². The fraction of sp³-hybridized carbons (Fsp3) is 0.0769. The summed E-state index contributed by atoms with van der Waals surface area (Å²) in [5.41, 5.74) is 0.261. The van der Waals surface area contributed by atoms with Crippen LogP contribution in [0.4, 0.5) is 0 Å². The molecule has 0 radical (unpaired) electrons. The van der Waals surface area contributed by atoms with Crippen molar-refractivity contribution in [3.8, 4) is 0 Å². The van der Waals surface area contributed by atoms with Gasteiger partial charge in [0.05, 0.1) is 6.54 Å². The Hall–Kier alpha value is -1.58. The Balaban J connectivity index is 2.34. The number of carbonyl (C=O) groups is 1. The van der Waals surface area contributed by atoms with Gasteiger partial charge < -0.3 is 5.32 Å². The number of nitrogens with zero attached hydrogens (tertiary/aromatic N) is 1. The maximum absolute atomic E-state index is 11.8. The first-order valence-corrected chi connectivity index (χ1v) is 6.00. The largest absolute Gasteiger partial charge is 0.346 e. The second-order valence-corrected chi connectivity index (χ2v) is 4.61. The molecule has 3 nitrogen and oxygen atoms in total. The topological polar surface area (TPSA) is 42.0 Å². The van der Waals surface area contributed by atoms with Crippen LogP contribution in [0.1, 0.15) is 10.5 Å². The Labute approximate surface area is 114 Å². The molecule has 0 aliphatic heterocycles. The normalized spacial score (nSPS) is 10.3. The summed E-state index contributed by atoms with van der Waals surface area (Å²) in [6, 6.07) is 9.16. The van der Waals surface area contributed by atoms with Crippen LogP contribution in [0.2, 0.25) is 5.15 Å². The lowest BCUT2D eigenvalue weighted by molar-refractivity contribution is 0.0953. The van der Waals surface area contributed by atoms with Crippen LogP contribution >= 0.6 is 23.2 Å². The minimum absolute atomic E-state index is 0.201. The number of benzene rings is 1. The number of aromatic nitrogens is 1. The first kappa shape index (κ1) is 12.9. The summed E-state index contributed by atoms with van der Waals surface area (Å²) < 4.78 is 0. The zero-order valence-electron chi connectivity index (χ0n) is 9.41. The van der Waals surface area contributed by atoms with Gasteiger partial charge in [-0.2, -0.15) is 0 Å². The quantitative estimate of drug-likeness (QED) is 0.876. The van der Waals surface area contributed by atoms with Gasteiger partial charge in [0.2, 0.25) is 0 Å². The number of hydrogen-bond donors (Lipinski definition) is 1. The predicted octanol–water partition coefficient (Wildman–Crippen LogP) is 3.37. The molecule has 0 atom stereocenters. The van der Waals surface area contributed by atoms with Crippen LogP contribution in [0.5, 0.6) is 0 Å². The lowest BCUT2D eigenvalue weighted by Gasteiger charge is -2.06. The van der Waals surface area contributed by atoms with E-state index in [-0.39, 0.29) is 18.1 Å². The fourth-order valence-electron chi connectivity index (χ4n) is 1.54. The van der Waals surface area contributed by atoms with E-state index in [9.17, 15) is 4.79 Å². The smallest absolute Gasteiger partial charge is 0.270 e. The average Bonchev–Trinajstić information content (AvgIpc) is 2.36. The minimum atomic E-state index is -0.329. The molecule has 0 unspecified atom stereocenters. The van der Waals surface area contributed by atoms with Crippen molar-refractivity contribution in [2.24, 2.45) is 0 Å². The summed E-state index contributed by atoms with van der Waals surface area (Å²) in [5.74, 6) is -0.329. The molecule has 0 fully saturated rings. The Morgan fingerprint density at radius 1 is 1.39 bits per heavy atom. The summed E-state index contributed by atoms with van der Waals surface area (Å²) in [4.78, 5) is 15.9. The molecule has 0 spiro atoms. The Kier molecular flexibility index (Phi) is 3.84. The maximum Gasteiger partial charge on any atom is 0.270 e. The lowest BCUT2D eigenvalue weighted by atomic mass is 10.1. The first-order chi connectivity index (χ1) is 8.58. The molecular formula is C13H10Cl2N2O. The molecule has 0 bridgehead atoms. The highest BCUT2D eigenvalue weighted by Crippen LogP contribution is 2.22. The Bertz CT molecular complexity index is 625. The van der Waals surface area contributed by atoms with Crippen molar-refractivity contribution in [1.82, 2.24) is 10.3 Å². The van der Waals surface area contributed by atoms with E-state index >= 15 is 0 Å². The molecule has 1 N–H and O–H groups in total. The van der Waals surface area contributed by atoms with Gasteiger partial charge in [0.25, 0.3) is 5.91 Å². The van der Waals surface area contributed by atoms with Gasteiger partial charge in [-0.05, 0) is 11.5 Å². The second kappa shape index (κ2) is 5.38. The molecule has 0 aliphatic carbocycles. The van der Waals surface area contributed by atoms with Crippen LogP contribution in [-0.2, 0) is 0 Å². The number of carbonyl (C=O) groups excluding carboxylic acids is 1. The zero-order chi connectivity index (χ0) is 13.1. The van der Waals surface area contributed by atoms with Crippen LogP contribution < -0.4 is 5.32 Å². The van der Waals surface area contributed by atoms with Gasteiger partial charge in [0.15, 0.2) is 0 Å². The zero-order valence-corrected chi connectivity index (χ0v) is 10.9. The van der Waals surface area contributed by atoms with Gasteiger partial charge in [-0.25, -0.2) is 4.98 Å². The van der Waals surface area contributed by atoms with E-state index in [0.29, 0.717) is 10.2 Å². The van der Waals surface area contributed by atoms with Gasteiger partial charge in [0, 0.05) is 10.4 Å². The van der Waals surface area contributed by atoms with E-state index in [2.05, 4.69) is 16.9 Å². The molecule has 0 saturated carbocycles. The number of halogens is 2. The van der Waals surface area contributed by atoms with E-state index in [4.69, 9.17) is 23.2 Å². The molecule has 1 aromatic heterocycles. The van der Waals surface area contributed by atoms with Crippen molar-refractivity contribution < 1.29 is 4.79 Å². The molecule has 5 heteroatoms. The summed E-state index contributed by atoms with van der Waals surface area (Å²) in [6.45, 7) is 3.69. The molecule has 0 saturated heterocycles. The first-order valence-electron chi connectivity index (χ1n) is 5.24. The monoisotopic (exact) mass is 280 g/mol. The molecular weight excluding hydrogens is 271 g/mol. The third-order valence-electron chi connectivity index (χ3n) is 2.37. The van der Waals surface area contributed by atoms with Crippen LogP contribution in [0.15, 0.2) is 41.9 Å². The van der Waals surface area contributed by atoms with Gasteiger partial charge >= 0.3 is 0 Å². The Morgan fingerprint density at radius 2 is 2.11 bits per heavy atom. The highest BCUT2D eigenvalue weighted by molar-refractivity contribution is 6.34. The molecule has 2 aromatic rings. The summed E-state index contributed by atoms with van der Waals surface area (Å²) in [7, 11) is 0. The number of fused-ring (bicyclic) bond motifs is 1. The van der Waals surface area contributed by atoms with Crippen molar-refractivity contribution in [2.75, 3.05) is 6.54 Å². The third kappa shape index (κ3) is 2.81. The second-order valence-electron chi connectivity index (χ2n) is 3.72. The maximum atomic E-state index is 11.8. The van der Waals surface area contributed by atoms with Crippen molar-refractivity contribution >= 4 is 39.9 Å². The van der Waals surface area contributed by atoms with E-state index in [1.165, 1.54) is 0 Å². The summed E-state index contributed by atoms with van der Waals surface area (Å²) in [5, 5.41) is 4.95. The van der Waals surface area contributed by atoms with Gasteiger partial charge in [-0.15, -0.1) is 0 Å². The Morgan fingerprint density at radius 3 is 2.83 bits per heavy atom. The van der Waals surface area contributed by atoms with Crippen molar-refractivity contribution in [1.29, 1.82) is 0 Å².